The van der Waals surface area contributed by atoms with Gasteiger partial charge in [-0.05, 0) is 38.2 Å². The molecule has 13 heavy (non-hydrogen) atoms. The molecule has 0 bridgehead atoms. The lowest BCUT2D eigenvalue weighted by molar-refractivity contribution is 0.630. The molecule has 0 amide bonds. The second-order valence-corrected chi connectivity index (χ2v) is 8.31. The summed E-state index contributed by atoms with van der Waals surface area (Å²) in [5, 5.41) is 0. The molecular weight excluding hydrogens is 256 g/mol. The van der Waals surface area contributed by atoms with Gasteiger partial charge in [0.25, 0.3) is 0 Å². The third-order valence-corrected chi connectivity index (χ3v) is 6.67. The summed E-state index contributed by atoms with van der Waals surface area (Å²) < 4.78 is 0. The zero-order chi connectivity index (χ0) is 9.78. The number of thiol groups is 2. The topological polar surface area (TPSA) is 0 Å². The normalized spacial score (nSPS) is 10.6. The minimum absolute atomic E-state index is 1.05. The van der Waals surface area contributed by atoms with Crippen molar-refractivity contribution in [3.63, 3.8) is 0 Å². The van der Waals surface area contributed by atoms with Crippen LogP contribution < -0.4 is 0 Å². The Morgan fingerprint density at radius 1 is 0.846 bits per heavy atom. The van der Waals surface area contributed by atoms with Crippen LogP contribution in [0, 0.1) is 0 Å². The molecule has 0 aromatic heterocycles. The highest BCUT2D eigenvalue weighted by Crippen LogP contribution is 2.37. The van der Waals surface area contributed by atoms with Crippen molar-refractivity contribution >= 4 is 54.7 Å². The molecule has 0 aliphatic heterocycles. The molecule has 0 nitrogen and oxygen atoms in total. The second kappa shape index (κ2) is 13.8. The average molecular weight is 275 g/mol. The van der Waals surface area contributed by atoms with Crippen molar-refractivity contribution in [1.29, 1.82) is 0 Å². The van der Waals surface area contributed by atoms with Gasteiger partial charge in [-0.1, -0.05) is 48.1 Å². The van der Waals surface area contributed by atoms with Gasteiger partial charge in [-0.15, -0.1) is 0 Å². The van der Waals surface area contributed by atoms with Crippen molar-refractivity contribution in [2.45, 2.75) is 38.5 Å². The van der Waals surface area contributed by atoms with Crippen LogP contribution in [0.5, 0.6) is 0 Å². The first-order chi connectivity index (χ1) is 6.41. The molecule has 5 heteroatoms. The monoisotopic (exact) mass is 274 g/mol. The Kier molecular flexibility index (Phi) is 15.6. The van der Waals surface area contributed by atoms with E-state index in [2.05, 4.69) is 24.3 Å². The zero-order valence-electron chi connectivity index (χ0n) is 7.78. The number of unbranched alkanes of at least 4 members (excludes halogenated alkanes) is 5. The van der Waals surface area contributed by atoms with Gasteiger partial charge in [-0.25, -0.2) is 0 Å². The van der Waals surface area contributed by atoms with Gasteiger partial charge in [-0.3, -0.25) is 0 Å². The summed E-state index contributed by atoms with van der Waals surface area (Å²) in [6, 6.07) is 0. The molecule has 0 N–H and O–H groups in total. The minimum Gasteiger partial charge on any atom is -0.179 e. The largest absolute Gasteiger partial charge is 0.179 e. The number of hydrogen-bond acceptors (Lipinski definition) is 5. The van der Waals surface area contributed by atoms with Gasteiger partial charge in [0.2, 0.25) is 0 Å². The second-order valence-electron chi connectivity index (χ2n) is 2.81. The van der Waals surface area contributed by atoms with E-state index < -0.39 is 0 Å². The number of hydrogen-bond donors (Lipinski definition) is 2. The molecule has 0 spiro atoms. The van der Waals surface area contributed by atoms with Gasteiger partial charge in [0.1, 0.15) is 0 Å². The summed E-state index contributed by atoms with van der Waals surface area (Å²) in [5.41, 5.74) is 0. The van der Waals surface area contributed by atoms with E-state index >= 15 is 0 Å². The van der Waals surface area contributed by atoms with Crippen molar-refractivity contribution in [1.82, 2.24) is 0 Å². The fourth-order valence-corrected chi connectivity index (χ4v) is 4.54. The SMILES string of the molecule is SCCCCCCCCSSSS. The molecule has 0 rings (SSSR count). The molecule has 0 aliphatic rings. The van der Waals surface area contributed by atoms with Crippen LogP contribution in [0.4, 0.5) is 0 Å². The predicted molar refractivity (Wildman–Crippen MR) is 78.2 cm³/mol. The Hall–Kier alpha value is 1.75. The van der Waals surface area contributed by atoms with Gasteiger partial charge >= 0.3 is 0 Å². The van der Waals surface area contributed by atoms with Crippen molar-refractivity contribution in [3.8, 4) is 0 Å². The van der Waals surface area contributed by atoms with E-state index in [9.17, 15) is 0 Å². The van der Waals surface area contributed by atoms with Crippen molar-refractivity contribution in [3.05, 3.63) is 0 Å². The smallest absolute Gasteiger partial charge is 0.00454 e. The Balaban J connectivity index is 2.76. The van der Waals surface area contributed by atoms with Crippen LogP contribution in [0.25, 0.3) is 0 Å². The van der Waals surface area contributed by atoms with E-state index in [1.807, 2.05) is 10.8 Å². The Labute approximate surface area is 104 Å². The molecule has 0 saturated heterocycles. The summed E-state index contributed by atoms with van der Waals surface area (Å²) in [7, 11) is 5.22. The third kappa shape index (κ3) is 13.8. The van der Waals surface area contributed by atoms with Crippen LogP contribution in [0.15, 0.2) is 0 Å². The van der Waals surface area contributed by atoms with Crippen LogP contribution in [0.2, 0.25) is 0 Å². The lowest BCUT2D eigenvalue weighted by Gasteiger charge is -1.99. The first kappa shape index (κ1) is 14.8. The molecule has 0 saturated carbocycles. The maximum absolute atomic E-state index is 4.19. The van der Waals surface area contributed by atoms with E-state index in [1.165, 1.54) is 44.3 Å². The molecule has 0 heterocycles. The molecule has 0 fully saturated rings. The van der Waals surface area contributed by atoms with Gasteiger partial charge in [-0.2, -0.15) is 12.6 Å². The Morgan fingerprint density at radius 2 is 1.46 bits per heavy atom. The lowest BCUT2D eigenvalue weighted by Crippen LogP contribution is -1.82. The lowest BCUT2D eigenvalue weighted by atomic mass is 10.1. The molecule has 0 unspecified atom stereocenters. The summed E-state index contributed by atoms with van der Waals surface area (Å²) in [5.74, 6) is 2.32. The fraction of sp³-hybridized carbons (Fsp3) is 1.00. The average Bonchev–Trinajstić information content (AvgIpc) is 2.16. The molecular formula is C8H18S5. The Bertz CT molecular complexity index is 78.6. The van der Waals surface area contributed by atoms with E-state index in [1.54, 1.807) is 19.7 Å². The summed E-state index contributed by atoms with van der Waals surface area (Å²) in [6.07, 6.45) is 8.17. The highest BCUT2D eigenvalue weighted by Gasteiger charge is 1.91. The van der Waals surface area contributed by atoms with E-state index in [4.69, 9.17) is 0 Å². The van der Waals surface area contributed by atoms with E-state index in [0.717, 1.165) is 5.75 Å². The van der Waals surface area contributed by atoms with Crippen molar-refractivity contribution in [2.24, 2.45) is 0 Å². The van der Waals surface area contributed by atoms with E-state index in [0.29, 0.717) is 0 Å². The van der Waals surface area contributed by atoms with Gasteiger partial charge < -0.3 is 0 Å². The summed E-state index contributed by atoms with van der Waals surface area (Å²) in [4.78, 5) is 0. The third-order valence-electron chi connectivity index (χ3n) is 1.71. The van der Waals surface area contributed by atoms with Gasteiger partial charge in [0, 0.05) is 5.75 Å². The van der Waals surface area contributed by atoms with Crippen molar-refractivity contribution < 1.29 is 0 Å². The molecule has 0 aromatic rings. The Morgan fingerprint density at radius 3 is 2.08 bits per heavy atom. The van der Waals surface area contributed by atoms with Crippen LogP contribution in [-0.2, 0) is 0 Å². The molecule has 0 radical (unpaired) electrons. The predicted octanol–water partition coefficient (Wildman–Crippen LogP) is 5.13. The van der Waals surface area contributed by atoms with Crippen LogP contribution >= 0.6 is 54.7 Å². The summed E-state index contributed by atoms with van der Waals surface area (Å²) >= 11 is 8.24. The standard InChI is InChI=1S/C8H18S5/c9-7-5-3-1-2-4-6-8-11-13-12-10/h9-10H,1-8H2. The first-order valence-electron chi connectivity index (χ1n) is 4.62. The molecule has 0 aromatic carbocycles. The summed E-state index contributed by atoms with van der Waals surface area (Å²) in [6.45, 7) is 0. The number of rotatable bonds is 10. The highest BCUT2D eigenvalue weighted by atomic mass is 33.7. The maximum Gasteiger partial charge on any atom is 0.00454 e. The molecule has 0 aliphatic carbocycles. The zero-order valence-corrected chi connectivity index (χ0v) is 12.0. The molecule has 80 valence electrons. The van der Waals surface area contributed by atoms with E-state index in [-0.39, 0.29) is 0 Å². The van der Waals surface area contributed by atoms with Crippen LogP contribution in [0.3, 0.4) is 0 Å². The highest BCUT2D eigenvalue weighted by molar-refractivity contribution is 9.23. The molecule has 0 atom stereocenters. The van der Waals surface area contributed by atoms with Crippen LogP contribution in [-0.4, -0.2) is 11.5 Å². The first-order valence-corrected chi connectivity index (χ1v) is 9.96. The minimum atomic E-state index is 1.05. The van der Waals surface area contributed by atoms with Gasteiger partial charge in [0.15, 0.2) is 0 Å². The van der Waals surface area contributed by atoms with Gasteiger partial charge in [0.05, 0.1) is 0 Å². The van der Waals surface area contributed by atoms with Crippen LogP contribution in [0.1, 0.15) is 38.5 Å². The maximum atomic E-state index is 4.19. The quantitative estimate of drug-likeness (QED) is 0.322. The van der Waals surface area contributed by atoms with Crippen molar-refractivity contribution in [2.75, 3.05) is 11.5 Å². The fourth-order valence-electron chi connectivity index (χ4n) is 1.04.